The van der Waals surface area contributed by atoms with Crippen molar-refractivity contribution in [2.24, 2.45) is 11.8 Å². The molecule has 3 aliphatic rings. The molecule has 38 heavy (non-hydrogen) atoms. The summed E-state index contributed by atoms with van der Waals surface area (Å²) >= 11 is 0. The van der Waals surface area contributed by atoms with Gasteiger partial charge in [-0.3, -0.25) is 4.79 Å². The van der Waals surface area contributed by atoms with Crippen LogP contribution >= 0.6 is 0 Å². The maximum Gasteiger partial charge on any atom is 0.407 e. The number of fused-ring (bicyclic) bond motifs is 1. The Hall–Kier alpha value is -3.29. The molecule has 204 valence electrons. The summed E-state index contributed by atoms with van der Waals surface area (Å²) in [4.78, 5) is 34.6. The molecule has 1 aliphatic carbocycles. The fourth-order valence-corrected chi connectivity index (χ4v) is 6.01. The number of aromatic nitrogens is 1. The minimum Gasteiger partial charge on any atom is -0.444 e. The normalized spacial score (nSPS) is 24.0. The molecule has 1 saturated heterocycles. The maximum atomic E-state index is 12.9. The minimum absolute atomic E-state index is 0.0000703. The summed E-state index contributed by atoms with van der Waals surface area (Å²) in [5.41, 5.74) is 2.40. The lowest BCUT2D eigenvalue weighted by Gasteiger charge is -2.45. The second-order valence-electron chi connectivity index (χ2n) is 12.0. The summed E-state index contributed by atoms with van der Waals surface area (Å²) < 4.78 is 5.43. The van der Waals surface area contributed by atoms with E-state index in [1.54, 1.807) is 6.92 Å². The van der Waals surface area contributed by atoms with Gasteiger partial charge in [0, 0.05) is 43.7 Å². The predicted molar refractivity (Wildman–Crippen MR) is 150 cm³/mol. The number of hydrogen-bond donors (Lipinski definition) is 2. The zero-order valence-corrected chi connectivity index (χ0v) is 23.2. The lowest BCUT2D eigenvalue weighted by atomic mass is 9.82. The van der Waals surface area contributed by atoms with Crippen molar-refractivity contribution in [2.45, 2.75) is 84.0 Å². The van der Waals surface area contributed by atoms with Crippen LogP contribution in [0.4, 0.5) is 22.0 Å². The zero-order chi connectivity index (χ0) is 27.0. The first kappa shape index (κ1) is 26.3. The number of piperidine rings is 1. The standard InChI is InChI=1S/C30H41N5O3/c1-19-26(31-22-9-7-6-8-10-22)27-24(35(20(2)36)28(19)21-11-12-21)13-14-25(33-27)34-17-15-23(16-18-34)32-29(37)38-30(3,4)5/h6-10,13-14,19,21,23,26,28,31H,11-12,15-18H2,1-5H3,(H,32,37)/t19-,26-,28-/m1/s1. The molecule has 0 radical (unpaired) electrons. The third-order valence-corrected chi connectivity index (χ3v) is 7.88. The molecule has 8 heteroatoms. The van der Waals surface area contributed by atoms with E-state index in [1.807, 2.05) is 43.9 Å². The first-order chi connectivity index (χ1) is 18.1. The lowest BCUT2D eigenvalue weighted by Crippen LogP contribution is -2.51. The first-order valence-corrected chi connectivity index (χ1v) is 14.0. The molecular formula is C30H41N5O3. The van der Waals surface area contributed by atoms with Crippen LogP contribution in [0.1, 0.15) is 72.0 Å². The Kier molecular flexibility index (Phi) is 7.25. The highest BCUT2D eigenvalue weighted by Gasteiger charge is 2.48. The van der Waals surface area contributed by atoms with Gasteiger partial charge < -0.3 is 25.2 Å². The van der Waals surface area contributed by atoms with Gasteiger partial charge in [0.25, 0.3) is 0 Å². The Morgan fingerprint density at radius 3 is 2.29 bits per heavy atom. The average molecular weight is 520 g/mol. The number of ether oxygens (including phenoxy) is 1. The van der Waals surface area contributed by atoms with E-state index in [4.69, 9.17) is 9.72 Å². The van der Waals surface area contributed by atoms with Gasteiger partial charge in [-0.15, -0.1) is 0 Å². The number of hydrogen-bond acceptors (Lipinski definition) is 6. The van der Waals surface area contributed by atoms with E-state index in [2.05, 4.69) is 46.7 Å². The molecular weight excluding hydrogens is 478 g/mol. The van der Waals surface area contributed by atoms with Crippen LogP contribution in [0.2, 0.25) is 0 Å². The summed E-state index contributed by atoms with van der Waals surface area (Å²) in [6.45, 7) is 11.1. The summed E-state index contributed by atoms with van der Waals surface area (Å²) in [7, 11) is 0. The molecule has 1 aromatic carbocycles. The van der Waals surface area contributed by atoms with E-state index in [1.165, 1.54) is 12.8 Å². The topological polar surface area (TPSA) is 86.8 Å². The highest BCUT2D eigenvalue weighted by atomic mass is 16.6. The molecule has 1 saturated carbocycles. The molecule has 0 unspecified atom stereocenters. The summed E-state index contributed by atoms with van der Waals surface area (Å²) in [5.74, 6) is 1.75. The molecule has 3 heterocycles. The molecule has 0 bridgehead atoms. The van der Waals surface area contributed by atoms with Crippen LogP contribution in [0, 0.1) is 11.8 Å². The predicted octanol–water partition coefficient (Wildman–Crippen LogP) is 5.51. The second kappa shape index (κ2) is 10.5. The van der Waals surface area contributed by atoms with Crippen molar-refractivity contribution < 1.29 is 14.3 Å². The van der Waals surface area contributed by atoms with Crippen LogP contribution in [0.3, 0.4) is 0 Å². The van der Waals surface area contributed by atoms with Gasteiger partial charge in [-0.1, -0.05) is 25.1 Å². The minimum atomic E-state index is -0.508. The van der Waals surface area contributed by atoms with Crippen molar-refractivity contribution >= 4 is 29.2 Å². The van der Waals surface area contributed by atoms with Gasteiger partial charge in [0.1, 0.15) is 11.4 Å². The van der Waals surface area contributed by atoms with E-state index >= 15 is 0 Å². The Morgan fingerprint density at radius 1 is 1.00 bits per heavy atom. The Morgan fingerprint density at radius 2 is 1.68 bits per heavy atom. The van der Waals surface area contributed by atoms with E-state index < -0.39 is 5.60 Å². The SMILES string of the molecule is CC(=O)N1c2ccc(N3CCC(NC(=O)OC(C)(C)C)CC3)nc2[C@H](Nc2ccccc2)[C@@H](C)[C@@H]1C1CC1. The smallest absolute Gasteiger partial charge is 0.407 e. The number of para-hydroxylation sites is 1. The quantitative estimate of drug-likeness (QED) is 0.542. The number of nitrogens with one attached hydrogen (secondary N) is 2. The summed E-state index contributed by atoms with van der Waals surface area (Å²) in [6, 6.07) is 14.7. The van der Waals surface area contributed by atoms with E-state index in [-0.39, 0.29) is 36.0 Å². The molecule has 2 fully saturated rings. The molecule has 0 spiro atoms. The van der Waals surface area contributed by atoms with Crippen LogP contribution in [0.15, 0.2) is 42.5 Å². The average Bonchev–Trinajstić information content (AvgIpc) is 3.70. The van der Waals surface area contributed by atoms with Crippen LogP contribution < -0.4 is 20.4 Å². The van der Waals surface area contributed by atoms with Crippen LogP contribution in [0.25, 0.3) is 0 Å². The van der Waals surface area contributed by atoms with Crippen molar-refractivity contribution in [1.29, 1.82) is 0 Å². The van der Waals surface area contributed by atoms with Gasteiger partial charge in [0.05, 0.1) is 17.4 Å². The number of alkyl carbamates (subject to hydrolysis) is 1. The molecule has 5 rings (SSSR count). The maximum absolute atomic E-state index is 12.9. The van der Waals surface area contributed by atoms with Gasteiger partial charge in [-0.2, -0.15) is 0 Å². The molecule has 2 N–H and O–H groups in total. The van der Waals surface area contributed by atoms with Gasteiger partial charge in [-0.05, 0) is 76.6 Å². The van der Waals surface area contributed by atoms with Crippen molar-refractivity contribution in [2.75, 3.05) is 28.2 Å². The fourth-order valence-electron chi connectivity index (χ4n) is 6.01. The Bertz CT molecular complexity index is 1150. The fraction of sp³-hybridized carbons (Fsp3) is 0.567. The number of pyridine rings is 1. The monoisotopic (exact) mass is 519 g/mol. The highest BCUT2D eigenvalue weighted by molar-refractivity contribution is 5.94. The second-order valence-corrected chi connectivity index (χ2v) is 12.0. The third kappa shape index (κ3) is 5.74. The Labute approximate surface area is 226 Å². The number of rotatable bonds is 5. The highest BCUT2D eigenvalue weighted by Crippen LogP contribution is 2.49. The van der Waals surface area contributed by atoms with Crippen LogP contribution in [-0.2, 0) is 9.53 Å². The molecule has 2 aliphatic heterocycles. The number of amides is 2. The Balaban J connectivity index is 1.38. The molecule has 3 atom stereocenters. The van der Waals surface area contributed by atoms with Gasteiger partial charge in [0.15, 0.2) is 0 Å². The summed E-state index contributed by atoms with van der Waals surface area (Å²) in [6.07, 6.45) is 3.63. The number of benzene rings is 1. The van der Waals surface area contributed by atoms with Crippen molar-refractivity contribution in [3.8, 4) is 0 Å². The van der Waals surface area contributed by atoms with Crippen molar-refractivity contribution in [1.82, 2.24) is 10.3 Å². The molecule has 1 aromatic heterocycles. The third-order valence-electron chi connectivity index (χ3n) is 7.88. The largest absolute Gasteiger partial charge is 0.444 e. The van der Waals surface area contributed by atoms with E-state index in [0.717, 1.165) is 48.8 Å². The van der Waals surface area contributed by atoms with Gasteiger partial charge in [0.2, 0.25) is 5.91 Å². The molecule has 2 aromatic rings. The van der Waals surface area contributed by atoms with Gasteiger partial charge in [-0.25, -0.2) is 9.78 Å². The number of carbonyl (C=O) groups excluding carboxylic acids is 2. The number of carbonyl (C=O) groups is 2. The first-order valence-electron chi connectivity index (χ1n) is 14.0. The molecule has 8 nitrogen and oxygen atoms in total. The zero-order valence-electron chi connectivity index (χ0n) is 23.2. The van der Waals surface area contributed by atoms with Gasteiger partial charge >= 0.3 is 6.09 Å². The van der Waals surface area contributed by atoms with Crippen molar-refractivity contribution in [3.63, 3.8) is 0 Å². The number of nitrogens with zero attached hydrogens (tertiary/aromatic N) is 3. The molecule has 2 amide bonds. The lowest BCUT2D eigenvalue weighted by molar-refractivity contribution is -0.117. The van der Waals surface area contributed by atoms with Crippen LogP contribution in [0.5, 0.6) is 0 Å². The van der Waals surface area contributed by atoms with Crippen molar-refractivity contribution in [3.05, 3.63) is 48.2 Å². The number of anilines is 3. The van der Waals surface area contributed by atoms with E-state index in [0.29, 0.717) is 5.92 Å². The van der Waals surface area contributed by atoms with Crippen LogP contribution in [-0.4, -0.2) is 47.8 Å². The summed E-state index contributed by atoms with van der Waals surface area (Å²) in [5, 5.41) is 6.77. The van der Waals surface area contributed by atoms with E-state index in [9.17, 15) is 9.59 Å².